The van der Waals surface area contributed by atoms with Crippen molar-refractivity contribution in [3.8, 4) is 33.4 Å². The Morgan fingerprint density at radius 2 is 0.855 bits per heavy atom. The van der Waals surface area contributed by atoms with Crippen molar-refractivity contribution < 1.29 is 8.83 Å². The summed E-state index contributed by atoms with van der Waals surface area (Å²) in [6, 6.07) is 71.0. The minimum Gasteiger partial charge on any atom is -0.456 e. The number of anilines is 3. The molecule has 0 N–H and O–H groups in total. The van der Waals surface area contributed by atoms with Gasteiger partial charge in [-0.15, -0.1) is 0 Å². The summed E-state index contributed by atoms with van der Waals surface area (Å²) in [5.74, 6) is 0. The maximum atomic E-state index is 6.50. The van der Waals surface area contributed by atoms with Crippen LogP contribution in [0, 0.1) is 0 Å². The highest BCUT2D eigenvalue weighted by molar-refractivity contribution is 6.13. The first-order chi connectivity index (χ1) is 27.3. The van der Waals surface area contributed by atoms with Gasteiger partial charge >= 0.3 is 0 Å². The van der Waals surface area contributed by atoms with Crippen LogP contribution >= 0.6 is 0 Å². The fraction of sp³-hybridized carbons (Fsp3) is 0. The average molecular weight is 704 g/mol. The molecular weight excluding hydrogens is 671 g/mol. The first kappa shape index (κ1) is 31.2. The molecule has 0 atom stereocenters. The lowest BCUT2D eigenvalue weighted by atomic mass is 9.97. The van der Waals surface area contributed by atoms with Gasteiger partial charge in [0.25, 0.3) is 0 Å². The van der Waals surface area contributed by atoms with E-state index in [4.69, 9.17) is 8.83 Å². The highest BCUT2D eigenvalue weighted by Crippen LogP contribution is 2.43. The van der Waals surface area contributed by atoms with Gasteiger partial charge in [-0.3, -0.25) is 0 Å². The molecular formula is C52H33NO2. The van der Waals surface area contributed by atoms with E-state index in [1.54, 1.807) is 0 Å². The average Bonchev–Trinajstić information content (AvgIpc) is 3.83. The Labute approximate surface area is 317 Å². The van der Waals surface area contributed by atoms with Gasteiger partial charge in [-0.1, -0.05) is 146 Å². The predicted octanol–water partition coefficient (Wildman–Crippen LogP) is 15.1. The summed E-state index contributed by atoms with van der Waals surface area (Å²) in [6.07, 6.45) is 0. The molecule has 0 unspecified atom stereocenters. The second kappa shape index (κ2) is 12.6. The second-order valence-electron chi connectivity index (χ2n) is 14.1. The van der Waals surface area contributed by atoms with E-state index in [-0.39, 0.29) is 0 Å². The Hall–Kier alpha value is -7.36. The number of benzene rings is 9. The zero-order chi connectivity index (χ0) is 36.3. The third-order valence-corrected chi connectivity index (χ3v) is 10.9. The fourth-order valence-electron chi connectivity index (χ4n) is 8.33. The zero-order valence-electron chi connectivity index (χ0n) is 29.8. The molecule has 0 radical (unpaired) electrons. The van der Waals surface area contributed by atoms with Crippen molar-refractivity contribution in [2.75, 3.05) is 4.90 Å². The first-order valence-corrected chi connectivity index (χ1v) is 18.7. The van der Waals surface area contributed by atoms with Crippen LogP contribution in [-0.2, 0) is 0 Å². The summed E-state index contributed by atoms with van der Waals surface area (Å²) < 4.78 is 12.8. The molecule has 11 rings (SSSR count). The number of hydrogen-bond donors (Lipinski definition) is 0. The van der Waals surface area contributed by atoms with Gasteiger partial charge in [-0.25, -0.2) is 0 Å². The van der Waals surface area contributed by atoms with Crippen LogP contribution in [0.5, 0.6) is 0 Å². The molecule has 2 heterocycles. The van der Waals surface area contributed by atoms with Crippen molar-refractivity contribution >= 4 is 71.7 Å². The van der Waals surface area contributed by atoms with Gasteiger partial charge in [0.1, 0.15) is 22.3 Å². The molecule has 55 heavy (non-hydrogen) atoms. The quantitative estimate of drug-likeness (QED) is 0.173. The summed E-state index contributed by atoms with van der Waals surface area (Å²) in [4.78, 5) is 2.35. The third kappa shape index (κ3) is 5.20. The van der Waals surface area contributed by atoms with E-state index in [9.17, 15) is 0 Å². The maximum Gasteiger partial charge on any atom is 0.143 e. The van der Waals surface area contributed by atoms with Crippen LogP contribution in [0.4, 0.5) is 17.1 Å². The Morgan fingerprint density at radius 3 is 1.65 bits per heavy atom. The minimum atomic E-state index is 0.887. The molecule has 11 aromatic rings. The molecule has 0 saturated carbocycles. The molecule has 0 amide bonds. The van der Waals surface area contributed by atoms with Crippen LogP contribution in [0.1, 0.15) is 0 Å². The topological polar surface area (TPSA) is 29.5 Å². The number of fused-ring (bicyclic) bond motifs is 7. The van der Waals surface area contributed by atoms with Gasteiger partial charge in [-0.05, 0) is 93.2 Å². The third-order valence-electron chi connectivity index (χ3n) is 10.9. The minimum absolute atomic E-state index is 0.887. The van der Waals surface area contributed by atoms with Crippen molar-refractivity contribution in [2.45, 2.75) is 0 Å². The van der Waals surface area contributed by atoms with Gasteiger partial charge in [-0.2, -0.15) is 0 Å². The van der Waals surface area contributed by atoms with E-state index in [0.717, 1.165) is 83.2 Å². The van der Waals surface area contributed by atoms with Crippen LogP contribution in [0.2, 0.25) is 0 Å². The zero-order valence-corrected chi connectivity index (χ0v) is 29.8. The largest absolute Gasteiger partial charge is 0.456 e. The summed E-state index contributed by atoms with van der Waals surface area (Å²) in [6.45, 7) is 0. The van der Waals surface area contributed by atoms with Crippen molar-refractivity contribution in [1.29, 1.82) is 0 Å². The smallest absolute Gasteiger partial charge is 0.143 e. The molecule has 3 nitrogen and oxygen atoms in total. The molecule has 0 aliphatic rings. The van der Waals surface area contributed by atoms with Gasteiger partial charge in [0, 0.05) is 44.2 Å². The highest BCUT2D eigenvalue weighted by atomic mass is 16.3. The van der Waals surface area contributed by atoms with Crippen LogP contribution < -0.4 is 4.90 Å². The lowest BCUT2D eigenvalue weighted by Crippen LogP contribution is -2.10. The normalized spacial score (nSPS) is 11.6. The van der Waals surface area contributed by atoms with Crippen molar-refractivity contribution in [3.05, 3.63) is 200 Å². The van der Waals surface area contributed by atoms with E-state index in [1.165, 1.54) is 21.9 Å². The fourth-order valence-corrected chi connectivity index (χ4v) is 8.33. The second-order valence-corrected chi connectivity index (χ2v) is 14.1. The number of para-hydroxylation sites is 3. The van der Waals surface area contributed by atoms with Crippen molar-refractivity contribution in [1.82, 2.24) is 0 Å². The standard InChI is InChI=1S/C52H33NO2/c1-2-18-41-34(12-1)13-9-21-42(41)35-28-30-38(31-29-35)53(39-16-7-14-36(32-39)43-22-11-27-50-51(43)47-20-4-6-26-49(47)54-50)40-17-8-15-37(33-40)44-23-10-24-46-45-19-3-5-25-48(45)55-52(44)46/h1-33H. The Kier molecular flexibility index (Phi) is 7.17. The predicted molar refractivity (Wildman–Crippen MR) is 229 cm³/mol. The van der Waals surface area contributed by atoms with Gasteiger partial charge in [0.15, 0.2) is 0 Å². The van der Waals surface area contributed by atoms with Crippen LogP contribution in [-0.4, -0.2) is 0 Å². The van der Waals surface area contributed by atoms with Crippen LogP contribution in [0.25, 0.3) is 88.0 Å². The van der Waals surface area contributed by atoms with Gasteiger partial charge in [0.2, 0.25) is 0 Å². The van der Waals surface area contributed by atoms with Crippen LogP contribution in [0.3, 0.4) is 0 Å². The van der Waals surface area contributed by atoms with E-state index in [2.05, 4.69) is 181 Å². The maximum absolute atomic E-state index is 6.50. The number of rotatable bonds is 6. The summed E-state index contributed by atoms with van der Waals surface area (Å²) in [7, 11) is 0. The summed E-state index contributed by atoms with van der Waals surface area (Å²) >= 11 is 0. The SMILES string of the molecule is c1cc(-c2cccc3c2oc2ccccc23)cc(N(c2ccc(-c3cccc4ccccc34)cc2)c2cccc(-c3cccc4oc5ccccc5c34)c2)c1. The molecule has 0 bridgehead atoms. The van der Waals surface area contributed by atoms with Crippen molar-refractivity contribution in [3.63, 3.8) is 0 Å². The molecule has 258 valence electrons. The lowest BCUT2D eigenvalue weighted by Gasteiger charge is -2.27. The van der Waals surface area contributed by atoms with E-state index >= 15 is 0 Å². The summed E-state index contributed by atoms with van der Waals surface area (Å²) in [5, 5.41) is 6.97. The van der Waals surface area contributed by atoms with E-state index in [0.29, 0.717) is 0 Å². The molecule has 9 aromatic carbocycles. The monoisotopic (exact) mass is 703 g/mol. The molecule has 2 aromatic heterocycles. The number of nitrogens with zero attached hydrogens (tertiary/aromatic N) is 1. The van der Waals surface area contributed by atoms with E-state index < -0.39 is 0 Å². The molecule has 0 aliphatic heterocycles. The Balaban J connectivity index is 1.08. The lowest BCUT2D eigenvalue weighted by molar-refractivity contribution is 0.669. The summed E-state index contributed by atoms with van der Waals surface area (Å²) in [5.41, 5.74) is 13.6. The van der Waals surface area contributed by atoms with E-state index in [1.807, 2.05) is 24.3 Å². The molecule has 0 aliphatic carbocycles. The molecule has 0 spiro atoms. The number of hydrogen-bond acceptors (Lipinski definition) is 3. The van der Waals surface area contributed by atoms with Crippen molar-refractivity contribution in [2.24, 2.45) is 0 Å². The number of furan rings is 2. The molecule has 0 saturated heterocycles. The van der Waals surface area contributed by atoms with Gasteiger partial charge < -0.3 is 13.7 Å². The van der Waals surface area contributed by atoms with Crippen LogP contribution in [0.15, 0.2) is 209 Å². The Morgan fingerprint density at radius 1 is 0.309 bits per heavy atom. The molecule has 3 heteroatoms. The first-order valence-electron chi connectivity index (χ1n) is 18.7. The Bertz CT molecular complexity index is 3220. The molecule has 0 fully saturated rings. The van der Waals surface area contributed by atoms with Gasteiger partial charge in [0.05, 0.1) is 0 Å². The highest BCUT2D eigenvalue weighted by Gasteiger charge is 2.19.